The molecule has 4 heteroatoms. The summed E-state index contributed by atoms with van der Waals surface area (Å²) < 4.78 is 13.0. The van der Waals surface area contributed by atoms with E-state index in [0.29, 0.717) is 13.0 Å². The molecule has 19 heavy (non-hydrogen) atoms. The van der Waals surface area contributed by atoms with Gasteiger partial charge in [-0.1, -0.05) is 22.0 Å². The first-order valence-corrected chi connectivity index (χ1v) is 7.49. The fraction of sp³-hybridized carbons (Fsp3) is 0.600. The molecule has 3 nitrogen and oxygen atoms in total. The average Bonchev–Trinajstić information content (AvgIpc) is 2.25. The minimum atomic E-state index is -0.453. The molecule has 0 saturated carbocycles. The monoisotopic (exact) mass is 326 g/mol. The van der Waals surface area contributed by atoms with Crippen LogP contribution in [0.1, 0.15) is 44.8 Å². The van der Waals surface area contributed by atoms with Crippen molar-refractivity contribution in [2.45, 2.75) is 50.4 Å². The summed E-state index contributed by atoms with van der Waals surface area (Å²) >= 11 is 3.46. The fourth-order valence-electron chi connectivity index (χ4n) is 3.30. The molecule has 1 aromatic carbocycles. The van der Waals surface area contributed by atoms with Crippen LogP contribution in [0.25, 0.3) is 0 Å². The molecule has 1 aromatic rings. The second-order valence-corrected chi connectivity index (χ2v) is 7.14. The second-order valence-electron chi connectivity index (χ2n) is 6.22. The zero-order valence-corrected chi connectivity index (χ0v) is 12.9. The Bertz CT molecular complexity index is 500. The van der Waals surface area contributed by atoms with Crippen LogP contribution in [0.2, 0.25) is 0 Å². The summed E-state index contributed by atoms with van der Waals surface area (Å²) in [5.41, 5.74) is 0.398. The predicted octanol–water partition coefficient (Wildman–Crippen LogP) is 3.59. The first-order chi connectivity index (χ1) is 8.89. The van der Waals surface area contributed by atoms with E-state index in [4.69, 9.17) is 9.47 Å². The molecule has 1 N–H and O–H groups in total. The number of benzene rings is 1. The van der Waals surface area contributed by atoms with Crippen LogP contribution < -0.4 is 4.74 Å². The standard InChI is InChI=1S/C15H19BrO3/c1-14(2)9-15(5-6-18-14)8-12(17)11-4-3-10(16)7-13(11)19-15/h3-4,7,12,17H,5-6,8-9H2,1-2H3/t12-,15?/m1/s1. The van der Waals surface area contributed by atoms with E-state index in [9.17, 15) is 5.11 Å². The third-order valence-electron chi connectivity index (χ3n) is 4.02. The van der Waals surface area contributed by atoms with Gasteiger partial charge in [-0.2, -0.15) is 0 Å². The number of hydrogen-bond acceptors (Lipinski definition) is 3. The smallest absolute Gasteiger partial charge is 0.127 e. The van der Waals surface area contributed by atoms with Crippen molar-refractivity contribution in [2.75, 3.05) is 6.61 Å². The van der Waals surface area contributed by atoms with E-state index < -0.39 is 6.10 Å². The third kappa shape index (κ3) is 2.54. The molecular weight excluding hydrogens is 308 g/mol. The van der Waals surface area contributed by atoms with E-state index >= 15 is 0 Å². The van der Waals surface area contributed by atoms with Gasteiger partial charge in [0.15, 0.2) is 0 Å². The summed E-state index contributed by atoms with van der Waals surface area (Å²) in [4.78, 5) is 0. The molecule has 0 radical (unpaired) electrons. The molecule has 2 heterocycles. The highest BCUT2D eigenvalue weighted by atomic mass is 79.9. The van der Waals surface area contributed by atoms with Gasteiger partial charge in [0.05, 0.1) is 18.3 Å². The number of aliphatic hydroxyl groups is 1. The predicted molar refractivity (Wildman–Crippen MR) is 76.3 cm³/mol. The van der Waals surface area contributed by atoms with Gasteiger partial charge in [0, 0.05) is 29.3 Å². The Morgan fingerprint density at radius 2 is 2.16 bits per heavy atom. The minimum Gasteiger partial charge on any atom is -0.487 e. The largest absolute Gasteiger partial charge is 0.487 e. The first kappa shape index (κ1) is 13.4. The molecule has 0 aromatic heterocycles. The van der Waals surface area contributed by atoms with Crippen molar-refractivity contribution in [3.8, 4) is 5.75 Å². The Labute approximate surface area is 122 Å². The molecule has 1 saturated heterocycles. The minimum absolute atomic E-state index is 0.193. The number of fused-ring (bicyclic) bond motifs is 1. The lowest BCUT2D eigenvalue weighted by atomic mass is 9.77. The molecule has 0 bridgehead atoms. The van der Waals surface area contributed by atoms with Crippen LogP contribution in [0, 0.1) is 0 Å². The topological polar surface area (TPSA) is 38.7 Å². The Morgan fingerprint density at radius 1 is 1.37 bits per heavy atom. The Hall–Kier alpha value is -0.580. The van der Waals surface area contributed by atoms with Crippen LogP contribution in [0.5, 0.6) is 5.75 Å². The van der Waals surface area contributed by atoms with E-state index in [2.05, 4.69) is 29.8 Å². The van der Waals surface area contributed by atoms with Crippen molar-refractivity contribution < 1.29 is 14.6 Å². The third-order valence-corrected chi connectivity index (χ3v) is 4.52. The van der Waals surface area contributed by atoms with Crippen LogP contribution in [0.15, 0.2) is 22.7 Å². The molecule has 2 aliphatic heterocycles. The van der Waals surface area contributed by atoms with Gasteiger partial charge in [-0.3, -0.25) is 0 Å². The Morgan fingerprint density at radius 3 is 2.89 bits per heavy atom. The summed E-state index contributed by atoms with van der Waals surface area (Å²) in [6.45, 7) is 4.85. The van der Waals surface area contributed by atoms with Gasteiger partial charge in [-0.05, 0) is 26.0 Å². The maximum absolute atomic E-state index is 10.4. The van der Waals surface area contributed by atoms with Crippen molar-refractivity contribution in [3.05, 3.63) is 28.2 Å². The van der Waals surface area contributed by atoms with Gasteiger partial charge in [-0.15, -0.1) is 0 Å². The lowest BCUT2D eigenvalue weighted by Crippen LogP contribution is -2.51. The van der Waals surface area contributed by atoms with E-state index in [0.717, 1.165) is 28.6 Å². The molecule has 0 amide bonds. The Balaban J connectivity index is 1.95. The summed E-state index contributed by atoms with van der Waals surface area (Å²) in [5.74, 6) is 0.797. The number of halogens is 1. The number of ether oxygens (including phenoxy) is 2. The summed E-state index contributed by atoms with van der Waals surface area (Å²) in [6.07, 6.45) is 1.84. The molecular formula is C15H19BrO3. The van der Waals surface area contributed by atoms with Crippen LogP contribution in [-0.4, -0.2) is 22.9 Å². The molecule has 3 rings (SSSR count). The van der Waals surface area contributed by atoms with Crippen LogP contribution in [0.4, 0.5) is 0 Å². The molecule has 1 unspecified atom stereocenters. The zero-order valence-electron chi connectivity index (χ0n) is 11.3. The van der Waals surface area contributed by atoms with Crippen molar-refractivity contribution in [3.63, 3.8) is 0 Å². The zero-order chi connectivity index (χ0) is 13.7. The van der Waals surface area contributed by atoms with Gasteiger partial charge in [-0.25, -0.2) is 0 Å². The average molecular weight is 327 g/mol. The Kier molecular flexibility index (Phi) is 3.15. The quantitative estimate of drug-likeness (QED) is 0.791. The molecule has 2 aliphatic rings. The molecule has 1 fully saturated rings. The van der Waals surface area contributed by atoms with Crippen molar-refractivity contribution in [1.82, 2.24) is 0 Å². The van der Waals surface area contributed by atoms with E-state index in [1.165, 1.54) is 0 Å². The highest BCUT2D eigenvalue weighted by Gasteiger charge is 2.47. The highest BCUT2D eigenvalue weighted by Crippen LogP contribution is 2.47. The first-order valence-electron chi connectivity index (χ1n) is 6.70. The van der Waals surface area contributed by atoms with E-state index in [1.807, 2.05) is 18.2 Å². The van der Waals surface area contributed by atoms with Crippen molar-refractivity contribution in [1.29, 1.82) is 0 Å². The van der Waals surface area contributed by atoms with Crippen molar-refractivity contribution >= 4 is 15.9 Å². The summed E-state index contributed by atoms with van der Waals surface area (Å²) in [5, 5.41) is 10.4. The number of hydrogen-bond donors (Lipinski definition) is 1. The van der Waals surface area contributed by atoms with Crippen LogP contribution in [-0.2, 0) is 4.74 Å². The van der Waals surface area contributed by atoms with Gasteiger partial charge in [0.1, 0.15) is 11.4 Å². The second kappa shape index (κ2) is 4.47. The highest BCUT2D eigenvalue weighted by molar-refractivity contribution is 9.10. The van der Waals surface area contributed by atoms with Gasteiger partial charge >= 0.3 is 0 Å². The molecule has 2 atom stereocenters. The van der Waals surface area contributed by atoms with Crippen molar-refractivity contribution in [2.24, 2.45) is 0 Å². The maximum atomic E-state index is 10.4. The van der Waals surface area contributed by atoms with Crippen LogP contribution in [0.3, 0.4) is 0 Å². The summed E-state index contributed by atoms with van der Waals surface area (Å²) in [7, 11) is 0. The number of aliphatic hydroxyl groups excluding tert-OH is 1. The lowest BCUT2D eigenvalue weighted by Gasteiger charge is -2.48. The van der Waals surface area contributed by atoms with E-state index in [1.54, 1.807) is 0 Å². The summed E-state index contributed by atoms with van der Waals surface area (Å²) in [6, 6.07) is 5.82. The fourth-order valence-corrected chi connectivity index (χ4v) is 3.64. The van der Waals surface area contributed by atoms with Gasteiger partial charge < -0.3 is 14.6 Å². The van der Waals surface area contributed by atoms with Gasteiger partial charge in [0.2, 0.25) is 0 Å². The molecule has 0 aliphatic carbocycles. The molecule has 1 spiro atoms. The lowest BCUT2D eigenvalue weighted by molar-refractivity contribution is -0.151. The van der Waals surface area contributed by atoms with Gasteiger partial charge in [0.25, 0.3) is 0 Å². The molecule has 104 valence electrons. The van der Waals surface area contributed by atoms with Crippen LogP contribution >= 0.6 is 15.9 Å². The van der Waals surface area contributed by atoms with E-state index in [-0.39, 0.29) is 11.2 Å². The normalized spacial score (nSPS) is 32.7. The SMILES string of the molecule is CC1(C)CC2(CCO1)C[C@@H](O)c1ccc(Br)cc1O2. The maximum Gasteiger partial charge on any atom is 0.127 e. The number of rotatable bonds is 0.